The Labute approximate surface area is 170 Å². The first kappa shape index (κ1) is 21.2. The van der Waals surface area contributed by atoms with Gasteiger partial charge in [0.2, 0.25) is 0 Å². The van der Waals surface area contributed by atoms with E-state index in [2.05, 4.69) is 66.2 Å². The standard InChI is InChI=1S/C22H29BrO2S/c1-16-9-12-19(13-10-16)26-22(8-6-5-7-17(2)23)18-11-14-20(24-3)21(15-18)25-4/h9-15,17,22H,5-8H2,1-4H3. The number of hydrogen-bond donors (Lipinski definition) is 0. The van der Waals surface area contributed by atoms with E-state index in [0.29, 0.717) is 10.1 Å². The lowest BCUT2D eigenvalue weighted by Gasteiger charge is -2.19. The van der Waals surface area contributed by atoms with Crippen molar-refractivity contribution >= 4 is 27.7 Å². The molecule has 0 spiro atoms. The molecule has 0 amide bonds. The van der Waals surface area contributed by atoms with Crippen LogP contribution in [0, 0.1) is 6.92 Å². The number of rotatable bonds is 10. The Kier molecular flexibility index (Phi) is 8.86. The molecule has 0 aliphatic carbocycles. The highest BCUT2D eigenvalue weighted by Gasteiger charge is 2.16. The molecule has 4 heteroatoms. The van der Waals surface area contributed by atoms with Crippen molar-refractivity contribution in [1.29, 1.82) is 0 Å². The normalized spacial score (nSPS) is 13.3. The molecular weight excluding hydrogens is 408 g/mol. The topological polar surface area (TPSA) is 18.5 Å². The largest absolute Gasteiger partial charge is 0.493 e. The van der Waals surface area contributed by atoms with E-state index in [-0.39, 0.29) is 0 Å². The zero-order valence-electron chi connectivity index (χ0n) is 16.1. The first-order chi connectivity index (χ1) is 12.5. The molecule has 0 fully saturated rings. The highest BCUT2D eigenvalue weighted by Crippen LogP contribution is 2.42. The lowest BCUT2D eigenvalue weighted by molar-refractivity contribution is 0.354. The molecule has 2 aromatic rings. The van der Waals surface area contributed by atoms with Crippen LogP contribution in [-0.2, 0) is 0 Å². The summed E-state index contributed by atoms with van der Waals surface area (Å²) in [6.07, 6.45) is 4.82. The second-order valence-corrected chi connectivity index (χ2v) is 9.44. The fourth-order valence-electron chi connectivity index (χ4n) is 2.88. The number of thioether (sulfide) groups is 1. The Morgan fingerprint density at radius 3 is 2.19 bits per heavy atom. The molecule has 2 rings (SSSR count). The van der Waals surface area contributed by atoms with Crippen LogP contribution in [0.3, 0.4) is 0 Å². The van der Waals surface area contributed by atoms with E-state index in [1.54, 1.807) is 14.2 Å². The van der Waals surface area contributed by atoms with E-state index < -0.39 is 0 Å². The van der Waals surface area contributed by atoms with E-state index >= 15 is 0 Å². The lowest BCUT2D eigenvalue weighted by Crippen LogP contribution is -1.99. The van der Waals surface area contributed by atoms with Gasteiger partial charge in [0.25, 0.3) is 0 Å². The Morgan fingerprint density at radius 2 is 1.58 bits per heavy atom. The van der Waals surface area contributed by atoms with Gasteiger partial charge in [0.05, 0.1) is 14.2 Å². The van der Waals surface area contributed by atoms with Gasteiger partial charge in [0.1, 0.15) is 0 Å². The Bertz CT molecular complexity index is 670. The molecule has 2 atom stereocenters. The number of methoxy groups -OCH3 is 2. The molecule has 0 saturated heterocycles. The van der Waals surface area contributed by atoms with E-state index in [1.807, 2.05) is 17.8 Å². The van der Waals surface area contributed by atoms with E-state index in [4.69, 9.17) is 9.47 Å². The van der Waals surface area contributed by atoms with Crippen molar-refractivity contribution in [2.75, 3.05) is 14.2 Å². The van der Waals surface area contributed by atoms with Crippen LogP contribution in [0.2, 0.25) is 0 Å². The molecule has 2 unspecified atom stereocenters. The molecular formula is C22H29BrO2S. The van der Waals surface area contributed by atoms with Gasteiger partial charge in [0, 0.05) is 15.0 Å². The van der Waals surface area contributed by atoms with Crippen molar-refractivity contribution in [2.45, 2.75) is 54.5 Å². The van der Waals surface area contributed by atoms with E-state index in [0.717, 1.165) is 17.9 Å². The molecule has 2 aromatic carbocycles. The summed E-state index contributed by atoms with van der Waals surface area (Å²) in [6.45, 7) is 4.34. The number of hydrogen-bond acceptors (Lipinski definition) is 3. The second kappa shape index (κ2) is 10.9. The lowest BCUT2D eigenvalue weighted by atomic mass is 10.0. The van der Waals surface area contributed by atoms with E-state index in [9.17, 15) is 0 Å². The van der Waals surface area contributed by atoms with Gasteiger partial charge in [-0.2, -0.15) is 0 Å². The Morgan fingerprint density at radius 1 is 0.923 bits per heavy atom. The van der Waals surface area contributed by atoms with Crippen LogP contribution in [0.1, 0.15) is 49.0 Å². The molecule has 26 heavy (non-hydrogen) atoms. The second-order valence-electron chi connectivity index (χ2n) is 6.60. The minimum absolute atomic E-state index is 0.406. The van der Waals surface area contributed by atoms with Crippen molar-refractivity contribution in [3.8, 4) is 11.5 Å². The SMILES string of the molecule is COc1ccc(C(CCCCC(C)Br)Sc2ccc(C)cc2)cc1OC. The first-order valence-electron chi connectivity index (χ1n) is 9.12. The summed E-state index contributed by atoms with van der Waals surface area (Å²) in [5.41, 5.74) is 2.59. The predicted octanol–water partition coefficient (Wildman–Crippen LogP) is 7.19. The van der Waals surface area contributed by atoms with Gasteiger partial charge in [-0.3, -0.25) is 0 Å². The van der Waals surface area contributed by atoms with Crippen LogP contribution in [0.4, 0.5) is 0 Å². The third-order valence-corrected chi connectivity index (χ3v) is 6.19. The zero-order valence-corrected chi connectivity index (χ0v) is 18.5. The van der Waals surface area contributed by atoms with Crippen LogP contribution in [-0.4, -0.2) is 19.0 Å². The van der Waals surface area contributed by atoms with Gasteiger partial charge in [-0.15, -0.1) is 11.8 Å². The third kappa shape index (κ3) is 6.55. The molecule has 2 nitrogen and oxygen atoms in total. The van der Waals surface area contributed by atoms with Crippen molar-refractivity contribution in [3.05, 3.63) is 53.6 Å². The third-order valence-electron chi connectivity index (χ3n) is 4.40. The molecule has 0 bridgehead atoms. The average Bonchev–Trinajstić information content (AvgIpc) is 2.65. The van der Waals surface area contributed by atoms with Crippen LogP contribution < -0.4 is 9.47 Å². The zero-order chi connectivity index (χ0) is 18.9. The monoisotopic (exact) mass is 436 g/mol. The van der Waals surface area contributed by atoms with Gasteiger partial charge in [-0.05, 0) is 49.6 Å². The predicted molar refractivity (Wildman–Crippen MR) is 116 cm³/mol. The molecule has 0 aliphatic rings. The summed E-state index contributed by atoms with van der Waals surface area (Å²) in [4.78, 5) is 1.90. The number of benzene rings is 2. The van der Waals surface area contributed by atoms with Crippen molar-refractivity contribution in [3.63, 3.8) is 0 Å². The highest BCUT2D eigenvalue weighted by molar-refractivity contribution is 9.09. The number of ether oxygens (including phenoxy) is 2. The van der Waals surface area contributed by atoms with Crippen molar-refractivity contribution in [1.82, 2.24) is 0 Å². The van der Waals surface area contributed by atoms with E-state index in [1.165, 1.54) is 35.3 Å². The number of alkyl halides is 1. The van der Waals surface area contributed by atoms with Crippen LogP contribution in [0.5, 0.6) is 11.5 Å². The smallest absolute Gasteiger partial charge is 0.161 e. The molecule has 0 heterocycles. The summed E-state index contributed by atoms with van der Waals surface area (Å²) in [7, 11) is 3.37. The van der Waals surface area contributed by atoms with Gasteiger partial charge in [-0.25, -0.2) is 0 Å². The maximum absolute atomic E-state index is 5.51. The van der Waals surface area contributed by atoms with Gasteiger partial charge in [-0.1, -0.05) is 59.5 Å². The fraction of sp³-hybridized carbons (Fsp3) is 0.455. The summed E-state index contributed by atoms with van der Waals surface area (Å²) in [5, 5.41) is 0.406. The quantitative estimate of drug-likeness (QED) is 0.223. The molecule has 0 saturated carbocycles. The van der Waals surface area contributed by atoms with Crippen LogP contribution in [0.15, 0.2) is 47.4 Å². The van der Waals surface area contributed by atoms with Crippen LogP contribution >= 0.6 is 27.7 Å². The van der Waals surface area contributed by atoms with Crippen molar-refractivity contribution < 1.29 is 9.47 Å². The summed E-state index contributed by atoms with van der Waals surface area (Å²) in [5.74, 6) is 1.58. The minimum Gasteiger partial charge on any atom is -0.493 e. The summed E-state index contributed by atoms with van der Waals surface area (Å²) >= 11 is 5.58. The molecule has 0 radical (unpaired) electrons. The molecule has 0 aliphatic heterocycles. The Hall–Kier alpha value is -1.13. The van der Waals surface area contributed by atoms with Crippen molar-refractivity contribution in [2.24, 2.45) is 0 Å². The summed E-state index contributed by atoms with van der Waals surface area (Å²) in [6, 6.07) is 15.1. The van der Waals surface area contributed by atoms with Gasteiger partial charge >= 0.3 is 0 Å². The molecule has 0 N–H and O–H groups in total. The maximum atomic E-state index is 5.51. The number of unbranched alkanes of at least 4 members (excludes halogenated alkanes) is 1. The first-order valence-corrected chi connectivity index (χ1v) is 10.9. The average molecular weight is 437 g/mol. The number of halogens is 1. The maximum Gasteiger partial charge on any atom is 0.161 e. The number of aryl methyl sites for hydroxylation is 1. The van der Waals surface area contributed by atoms with Crippen LogP contribution in [0.25, 0.3) is 0 Å². The highest BCUT2D eigenvalue weighted by atomic mass is 79.9. The fourth-order valence-corrected chi connectivity index (χ4v) is 4.40. The molecule has 0 aromatic heterocycles. The minimum atomic E-state index is 0.406. The van der Waals surface area contributed by atoms with Gasteiger partial charge in [0.15, 0.2) is 11.5 Å². The summed E-state index contributed by atoms with van der Waals surface area (Å²) < 4.78 is 10.9. The molecule has 142 valence electrons. The van der Waals surface area contributed by atoms with Gasteiger partial charge < -0.3 is 9.47 Å². The Balaban J connectivity index is 2.17.